The van der Waals surface area contributed by atoms with Crippen molar-refractivity contribution >= 4 is 27.5 Å². The summed E-state index contributed by atoms with van der Waals surface area (Å²) >= 11 is 3.45. The molecule has 0 unspecified atom stereocenters. The van der Waals surface area contributed by atoms with Gasteiger partial charge in [0.2, 0.25) is 0 Å². The number of halogens is 2. The van der Waals surface area contributed by atoms with Crippen molar-refractivity contribution in [3.05, 3.63) is 63.4 Å². The molecule has 0 spiro atoms. The number of carbonyl (C=O) groups is 1. The van der Waals surface area contributed by atoms with Crippen LogP contribution in [0.15, 0.2) is 40.9 Å². The van der Waals surface area contributed by atoms with Crippen molar-refractivity contribution < 1.29 is 9.18 Å². The lowest BCUT2D eigenvalue weighted by Gasteiger charge is -2.09. The Morgan fingerprint density at radius 2 is 2.05 bits per heavy atom. The molecule has 0 saturated carbocycles. The predicted molar refractivity (Wildman–Crippen MR) is 81.1 cm³/mol. The summed E-state index contributed by atoms with van der Waals surface area (Å²) in [6.07, 6.45) is 0. The molecule has 0 aliphatic heterocycles. The van der Waals surface area contributed by atoms with Gasteiger partial charge in [-0.2, -0.15) is 0 Å². The summed E-state index contributed by atoms with van der Waals surface area (Å²) in [6, 6.07) is 10.2. The van der Waals surface area contributed by atoms with Gasteiger partial charge in [0.05, 0.1) is 5.56 Å². The SMILES string of the molecule is Cc1cc(CNc2ccc(F)c(C(N)=O)c2)ccc1Br. The maximum Gasteiger partial charge on any atom is 0.251 e. The lowest BCUT2D eigenvalue weighted by atomic mass is 10.1. The number of anilines is 1. The fourth-order valence-electron chi connectivity index (χ4n) is 1.84. The highest BCUT2D eigenvalue weighted by Crippen LogP contribution is 2.19. The number of primary amides is 1. The molecule has 0 aliphatic rings. The molecule has 2 aromatic rings. The van der Waals surface area contributed by atoms with Crippen LogP contribution in [0.2, 0.25) is 0 Å². The number of rotatable bonds is 4. The molecule has 0 fully saturated rings. The van der Waals surface area contributed by atoms with Gasteiger partial charge in [-0.25, -0.2) is 4.39 Å². The minimum absolute atomic E-state index is 0.109. The second-order valence-electron chi connectivity index (χ2n) is 4.50. The summed E-state index contributed by atoms with van der Waals surface area (Å²) in [6.45, 7) is 2.59. The van der Waals surface area contributed by atoms with Crippen LogP contribution in [0.4, 0.5) is 10.1 Å². The smallest absolute Gasteiger partial charge is 0.251 e. The van der Waals surface area contributed by atoms with E-state index in [1.807, 2.05) is 19.1 Å². The molecule has 0 bridgehead atoms. The summed E-state index contributed by atoms with van der Waals surface area (Å²) in [5.41, 5.74) is 7.89. The second kappa shape index (κ2) is 6.05. The highest BCUT2D eigenvalue weighted by atomic mass is 79.9. The van der Waals surface area contributed by atoms with Gasteiger partial charge in [0.15, 0.2) is 0 Å². The highest BCUT2D eigenvalue weighted by molar-refractivity contribution is 9.10. The lowest BCUT2D eigenvalue weighted by Crippen LogP contribution is -2.13. The van der Waals surface area contributed by atoms with Gasteiger partial charge in [-0.05, 0) is 42.3 Å². The maximum absolute atomic E-state index is 13.3. The number of aryl methyl sites for hydroxylation is 1. The first-order valence-electron chi connectivity index (χ1n) is 6.05. The molecule has 0 aromatic heterocycles. The molecule has 20 heavy (non-hydrogen) atoms. The summed E-state index contributed by atoms with van der Waals surface area (Å²) in [4.78, 5) is 11.1. The second-order valence-corrected chi connectivity index (χ2v) is 5.35. The van der Waals surface area contributed by atoms with Crippen LogP contribution < -0.4 is 11.1 Å². The van der Waals surface area contributed by atoms with E-state index >= 15 is 0 Å². The number of amides is 1. The first-order valence-corrected chi connectivity index (χ1v) is 6.85. The zero-order valence-corrected chi connectivity index (χ0v) is 12.5. The largest absolute Gasteiger partial charge is 0.381 e. The molecular formula is C15H14BrFN2O. The lowest BCUT2D eigenvalue weighted by molar-refractivity contribution is 0.0996. The van der Waals surface area contributed by atoms with Gasteiger partial charge in [-0.1, -0.05) is 28.1 Å². The molecule has 3 N–H and O–H groups in total. The number of nitrogens with two attached hydrogens (primary N) is 1. The minimum Gasteiger partial charge on any atom is -0.381 e. The third-order valence-electron chi connectivity index (χ3n) is 2.95. The molecule has 2 aromatic carbocycles. The Bertz CT molecular complexity index is 658. The Morgan fingerprint density at radius 3 is 2.70 bits per heavy atom. The van der Waals surface area contributed by atoms with Gasteiger partial charge >= 0.3 is 0 Å². The highest BCUT2D eigenvalue weighted by Gasteiger charge is 2.08. The summed E-state index contributed by atoms with van der Waals surface area (Å²) < 4.78 is 14.4. The first-order chi connectivity index (χ1) is 9.47. The Hall–Kier alpha value is -1.88. The average Bonchev–Trinajstić information content (AvgIpc) is 2.41. The molecule has 0 aliphatic carbocycles. The number of hydrogen-bond donors (Lipinski definition) is 2. The molecule has 1 amide bonds. The standard InChI is InChI=1S/C15H14BrFN2O/c1-9-6-10(2-4-13(9)16)8-19-11-3-5-14(17)12(7-11)15(18)20/h2-7,19H,8H2,1H3,(H2,18,20). The number of nitrogens with one attached hydrogen (secondary N) is 1. The molecule has 3 nitrogen and oxygen atoms in total. The summed E-state index contributed by atoms with van der Waals surface area (Å²) in [5.74, 6) is -1.38. The van der Waals surface area contributed by atoms with E-state index < -0.39 is 11.7 Å². The van der Waals surface area contributed by atoms with Crippen LogP contribution in [0.1, 0.15) is 21.5 Å². The molecular weight excluding hydrogens is 323 g/mol. The predicted octanol–water partition coefficient (Wildman–Crippen LogP) is 3.61. The third-order valence-corrected chi connectivity index (χ3v) is 3.84. The van der Waals surface area contributed by atoms with Crippen molar-refractivity contribution in [2.24, 2.45) is 5.73 Å². The van der Waals surface area contributed by atoms with Gasteiger partial charge in [-0.15, -0.1) is 0 Å². The molecule has 0 radical (unpaired) electrons. The van der Waals surface area contributed by atoms with Crippen molar-refractivity contribution in [1.29, 1.82) is 0 Å². The zero-order chi connectivity index (χ0) is 14.7. The molecule has 104 valence electrons. The molecule has 0 atom stereocenters. The fraction of sp³-hybridized carbons (Fsp3) is 0.133. The van der Waals surface area contributed by atoms with E-state index in [1.54, 1.807) is 6.07 Å². The van der Waals surface area contributed by atoms with Crippen LogP contribution in [0.25, 0.3) is 0 Å². The monoisotopic (exact) mass is 336 g/mol. The van der Waals surface area contributed by atoms with E-state index in [1.165, 1.54) is 12.1 Å². The van der Waals surface area contributed by atoms with E-state index in [0.29, 0.717) is 12.2 Å². The molecule has 0 heterocycles. The Kier molecular flexibility index (Phi) is 4.39. The maximum atomic E-state index is 13.3. The average molecular weight is 337 g/mol. The number of benzene rings is 2. The summed E-state index contributed by atoms with van der Waals surface area (Å²) in [7, 11) is 0. The Labute approximate surface area is 125 Å². The van der Waals surface area contributed by atoms with Crippen LogP contribution >= 0.6 is 15.9 Å². The quantitative estimate of drug-likeness (QED) is 0.896. The van der Waals surface area contributed by atoms with Gasteiger partial charge in [-0.3, -0.25) is 4.79 Å². The van der Waals surface area contributed by atoms with Crippen molar-refractivity contribution in [2.45, 2.75) is 13.5 Å². The van der Waals surface area contributed by atoms with E-state index in [0.717, 1.165) is 15.6 Å². The Balaban J connectivity index is 2.12. The zero-order valence-electron chi connectivity index (χ0n) is 10.9. The topological polar surface area (TPSA) is 55.1 Å². The van der Waals surface area contributed by atoms with Crippen molar-refractivity contribution in [3.63, 3.8) is 0 Å². The fourth-order valence-corrected chi connectivity index (χ4v) is 2.09. The van der Waals surface area contributed by atoms with E-state index in [9.17, 15) is 9.18 Å². The van der Waals surface area contributed by atoms with E-state index in [-0.39, 0.29) is 5.56 Å². The molecule has 2 rings (SSSR count). The van der Waals surface area contributed by atoms with Gasteiger partial charge in [0.1, 0.15) is 5.82 Å². The van der Waals surface area contributed by atoms with Gasteiger partial charge in [0, 0.05) is 16.7 Å². The van der Waals surface area contributed by atoms with Crippen LogP contribution in [0.3, 0.4) is 0 Å². The third kappa shape index (κ3) is 3.36. The van der Waals surface area contributed by atoms with Crippen molar-refractivity contribution in [1.82, 2.24) is 0 Å². The number of carbonyl (C=O) groups excluding carboxylic acids is 1. The number of hydrogen-bond acceptors (Lipinski definition) is 2. The Morgan fingerprint density at radius 1 is 1.30 bits per heavy atom. The van der Waals surface area contributed by atoms with Crippen molar-refractivity contribution in [2.75, 3.05) is 5.32 Å². The van der Waals surface area contributed by atoms with Gasteiger partial charge < -0.3 is 11.1 Å². The van der Waals surface area contributed by atoms with E-state index in [4.69, 9.17) is 5.73 Å². The van der Waals surface area contributed by atoms with Gasteiger partial charge in [0.25, 0.3) is 5.91 Å². The van der Waals surface area contributed by atoms with Crippen LogP contribution in [0.5, 0.6) is 0 Å². The molecule has 5 heteroatoms. The minimum atomic E-state index is -0.773. The van der Waals surface area contributed by atoms with E-state index in [2.05, 4.69) is 27.3 Å². The van der Waals surface area contributed by atoms with Crippen LogP contribution in [-0.2, 0) is 6.54 Å². The molecule has 0 saturated heterocycles. The summed E-state index contributed by atoms with van der Waals surface area (Å²) in [5, 5.41) is 3.14. The van der Waals surface area contributed by atoms with Crippen LogP contribution in [-0.4, -0.2) is 5.91 Å². The van der Waals surface area contributed by atoms with Crippen molar-refractivity contribution in [3.8, 4) is 0 Å². The van der Waals surface area contributed by atoms with Crippen LogP contribution in [0, 0.1) is 12.7 Å². The first kappa shape index (κ1) is 14.5. The normalized spacial score (nSPS) is 10.3.